The molecule has 0 radical (unpaired) electrons. The molecule has 0 saturated carbocycles. The van der Waals surface area contributed by atoms with Crippen molar-refractivity contribution in [2.24, 2.45) is 7.05 Å². The number of imidazole rings is 1. The van der Waals surface area contributed by atoms with Crippen LogP contribution in [0.3, 0.4) is 0 Å². The van der Waals surface area contributed by atoms with Gasteiger partial charge in [-0.3, -0.25) is 9.25 Å². The van der Waals surface area contributed by atoms with E-state index >= 15 is 0 Å². The first-order valence-electron chi connectivity index (χ1n) is 6.06. The molecule has 0 aliphatic heterocycles. The summed E-state index contributed by atoms with van der Waals surface area (Å²) < 4.78 is 3.67. The van der Waals surface area contributed by atoms with Crippen LogP contribution in [-0.2, 0) is 7.05 Å². The van der Waals surface area contributed by atoms with E-state index < -0.39 is 0 Å². The molecule has 0 saturated heterocycles. The molecule has 1 atom stereocenters. The number of aromatic nitrogens is 5. The maximum atomic E-state index is 6.23. The average molecular weight is 276 g/mol. The summed E-state index contributed by atoms with van der Waals surface area (Å²) in [4.78, 5) is 9.12. The predicted molar refractivity (Wildman–Crippen MR) is 74.6 cm³/mol. The molecule has 6 heteroatoms. The Morgan fingerprint density at radius 3 is 2.63 bits per heavy atom. The maximum absolute atomic E-state index is 6.23. The molecule has 0 aliphatic rings. The largest absolute Gasteiger partial charge is 0.274 e. The van der Waals surface area contributed by atoms with Crippen molar-refractivity contribution in [1.29, 1.82) is 0 Å². The molecule has 3 aromatic rings. The SMILES string of the molecule is Cc1ccc2nc(C(C)Cl)n(-c3ccn(C)n3)c2n1. The quantitative estimate of drug-likeness (QED) is 0.676. The van der Waals surface area contributed by atoms with E-state index in [0.717, 1.165) is 28.5 Å². The fourth-order valence-corrected chi connectivity index (χ4v) is 2.23. The van der Waals surface area contributed by atoms with Gasteiger partial charge in [0.2, 0.25) is 0 Å². The molecule has 3 aromatic heterocycles. The van der Waals surface area contributed by atoms with Crippen LogP contribution in [0, 0.1) is 6.92 Å². The smallest absolute Gasteiger partial charge is 0.166 e. The van der Waals surface area contributed by atoms with Crippen LogP contribution in [0.4, 0.5) is 0 Å². The van der Waals surface area contributed by atoms with Gasteiger partial charge >= 0.3 is 0 Å². The molecule has 3 rings (SSSR count). The Labute approximate surface area is 115 Å². The van der Waals surface area contributed by atoms with E-state index in [2.05, 4.69) is 15.1 Å². The number of fused-ring (bicyclic) bond motifs is 1. The number of halogens is 1. The van der Waals surface area contributed by atoms with E-state index in [4.69, 9.17) is 11.6 Å². The van der Waals surface area contributed by atoms with Crippen LogP contribution < -0.4 is 0 Å². The van der Waals surface area contributed by atoms with E-state index in [1.165, 1.54) is 0 Å². The molecule has 0 N–H and O–H groups in total. The summed E-state index contributed by atoms with van der Waals surface area (Å²) in [7, 11) is 1.88. The van der Waals surface area contributed by atoms with E-state index in [0.29, 0.717) is 0 Å². The van der Waals surface area contributed by atoms with Gasteiger partial charge in [0.25, 0.3) is 0 Å². The normalized spacial score (nSPS) is 13.1. The Bertz CT molecular complexity index is 741. The first-order chi connectivity index (χ1) is 9.06. The van der Waals surface area contributed by atoms with Crippen molar-refractivity contribution in [3.05, 3.63) is 35.9 Å². The third-order valence-electron chi connectivity index (χ3n) is 2.95. The molecule has 0 spiro atoms. The molecule has 98 valence electrons. The first kappa shape index (κ1) is 12.2. The Hall–Kier alpha value is -1.88. The van der Waals surface area contributed by atoms with Gasteiger partial charge in [0.1, 0.15) is 11.3 Å². The lowest BCUT2D eigenvalue weighted by atomic mass is 10.3. The number of nitrogens with zero attached hydrogens (tertiary/aromatic N) is 5. The van der Waals surface area contributed by atoms with Crippen LogP contribution in [0.5, 0.6) is 0 Å². The maximum Gasteiger partial charge on any atom is 0.166 e. The van der Waals surface area contributed by atoms with E-state index in [1.807, 2.05) is 49.9 Å². The lowest BCUT2D eigenvalue weighted by Gasteiger charge is -2.06. The highest BCUT2D eigenvalue weighted by molar-refractivity contribution is 6.20. The van der Waals surface area contributed by atoms with E-state index in [-0.39, 0.29) is 5.38 Å². The van der Waals surface area contributed by atoms with Crippen molar-refractivity contribution in [3.8, 4) is 5.82 Å². The first-order valence-corrected chi connectivity index (χ1v) is 6.50. The number of hydrogen-bond donors (Lipinski definition) is 0. The lowest BCUT2D eigenvalue weighted by Crippen LogP contribution is -2.04. The molecular formula is C13H14ClN5. The van der Waals surface area contributed by atoms with Gasteiger partial charge in [0, 0.05) is 25.0 Å². The van der Waals surface area contributed by atoms with Crippen molar-refractivity contribution >= 4 is 22.8 Å². The van der Waals surface area contributed by atoms with E-state index in [1.54, 1.807) is 4.68 Å². The Kier molecular flexibility index (Phi) is 2.78. The standard InChI is InChI=1S/C13H14ClN5/c1-8-4-5-10-13(15-8)19(12(16-10)9(2)14)11-6-7-18(3)17-11/h4-7,9H,1-3H3. The van der Waals surface area contributed by atoms with Gasteiger partial charge < -0.3 is 0 Å². The lowest BCUT2D eigenvalue weighted by molar-refractivity contribution is 0.742. The second-order valence-corrected chi connectivity index (χ2v) is 5.22. The zero-order chi connectivity index (χ0) is 13.6. The Morgan fingerprint density at radius 2 is 2.00 bits per heavy atom. The van der Waals surface area contributed by atoms with Gasteiger partial charge in [-0.25, -0.2) is 9.97 Å². The van der Waals surface area contributed by atoms with Gasteiger partial charge in [-0.15, -0.1) is 11.6 Å². The van der Waals surface area contributed by atoms with Gasteiger partial charge in [0.05, 0.1) is 5.38 Å². The number of hydrogen-bond acceptors (Lipinski definition) is 3. The zero-order valence-corrected chi connectivity index (χ0v) is 11.8. The van der Waals surface area contributed by atoms with Gasteiger partial charge in [-0.1, -0.05) is 0 Å². The molecule has 0 aliphatic carbocycles. The van der Waals surface area contributed by atoms with Gasteiger partial charge in [0.15, 0.2) is 11.5 Å². The predicted octanol–water partition coefficient (Wildman–Crippen LogP) is 2.76. The molecule has 19 heavy (non-hydrogen) atoms. The number of rotatable bonds is 2. The van der Waals surface area contributed by atoms with Gasteiger partial charge in [-0.05, 0) is 26.0 Å². The second kappa shape index (κ2) is 4.35. The van der Waals surface area contributed by atoms with Crippen LogP contribution in [0.1, 0.15) is 23.8 Å². The van der Waals surface area contributed by atoms with Crippen molar-refractivity contribution in [3.63, 3.8) is 0 Å². The van der Waals surface area contributed by atoms with Crippen molar-refractivity contribution < 1.29 is 0 Å². The molecule has 3 heterocycles. The van der Waals surface area contributed by atoms with Crippen LogP contribution in [-0.4, -0.2) is 24.3 Å². The minimum Gasteiger partial charge on any atom is -0.274 e. The van der Waals surface area contributed by atoms with Crippen molar-refractivity contribution in [1.82, 2.24) is 24.3 Å². The number of pyridine rings is 1. The average Bonchev–Trinajstić information content (AvgIpc) is 2.92. The molecule has 0 fully saturated rings. The van der Waals surface area contributed by atoms with E-state index in [9.17, 15) is 0 Å². The minimum atomic E-state index is -0.212. The van der Waals surface area contributed by atoms with Crippen LogP contribution in [0.15, 0.2) is 24.4 Å². The van der Waals surface area contributed by atoms with Crippen molar-refractivity contribution in [2.75, 3.05) is 0 Å². The highest BCUT2D eigenvalue weighted by Gasteiger charge is 2.18. The molecule has 0 amide bonds. The van der Waals surface area contributed by atoms with Crippen LogP contribution >= 0.6 is 11.6 Å². The van der Waals surface area contributed by atoms with Crippen LogP contribution in [0.2, 0.25) is 0 Å². The van der Waals surface area contributed by atoms with Crippen molar-refractivity contribution in [2.45, 2.75) is 19.2 Å². The molecular weight excluding hydrogens is 262 g/mol. The monoisotopic (exact) mass is 275 g/mol. The summed E-state index contributed by atoms with van der Waals surface area (Å²) in [6.45, 7) is 3.86. The topological polar surface area (TPSA) is 48.5 Å². The number of aryl methyl sites for hydroxylation is 2. The highest BCUT2D eigenvalue weighted by Crippen LogP contribution is 2.26. The summed E-state index contributed by atoms with van der Waals surface area (Å²) in [5.74, 6) is 1.54. The third-order valence-corrected chi connectivity index (χ3v) is 3.15. The highest BCUT2D eigenvalue weighted by atomic mass is 35.5. The second-order valence-electron chi connectivity index (χ2n) is 4.56. The Balaban J connectivity index is 2.35. The summed E-state index contributed by atoms with van der Waals surface area (Å²) in [6.07, 6.45) is 1.89. The summed E-state index contributed by atoms with van der Waals surface area (Å²) in [6, 6.07) is 5.83. The molecule has 5 nitrogen and oxygen atoms in total. The molecule has 0 bridgehead atoms. The van der Waals surface area contributed by atoms with Crippen LogP contribution in [0.25, 0.3) is 17.0 Å². The summed E-state index contributed by atoms with van der Waals surface area (Å²) >= 11 is 6.23. The fraction of sp³-hybridized carbons (Fsp3) is 0.308. The summed E-state index contributed by atoms with van der Waals surface area (Å²) in [5.41, 5.74) is 2.57. The molecule has 0 aromatic carbocycles. The Morgan fingerprint density at radius 1 is 1.21 bits per heavy atom. The summed E-state index contributed by atoms with van der Waals surface area (Å²) in [5, 5.41) is 4.21. The van der Waals surface area contributed by atoms with Gasteiger partial charge in [-0.2, -0.15) is 5.10 Å². The third kappa shape index (κ3) is 2.00. The molecule has 1 unspecified atom stereocenters. The zero-order valence-electron chi connectivity index (χ0n) is 11.0. The number of alkyl halides is 1. The minimum absolute atomic E-state index is 0.212. The fourth-order valence-electron chi connectivity index (χ4n) is 2.08.